The summed E-state index contributed by atoms with van der Waals surface area (Å²) < 4.78 is 10.5. The van der Waals surface area contributed by atoms with E-state index in [9.17, 15) is 0 Å². The Morgan fingerprint density at radius 1 is 1.38 bits per heavy atom. The largest absolute Gasteiger partial charge is 0.492 e. The first-order valence-electron chi connectivity index (χ1n) is 8.34. The van der Waals surface area contributed by atoms with Crippen LogP contribution in [0.1, 0.15) is 24.6 Å². The number of benzene rings is 1. The van der Waals surface area contributed by atoms with E-state index in [0.29, 0.717) is 19.2 Å². The second-order valence-corrected chi connectivity index (χ2v) is 6.56. The average Bonchev–Trinajstić information content (AvgIpc) is 3.38. The minimum Gasteiger partial charge on any atom is -0.492 e. The molecule has 1 aromatic heterocycles. The van der Waals surface area contributed by atoms with Crippen molar-refractivity contribution in [2.75, 3.05) is 20.2 Å². The van der Waals surface area contributed by atoms with Gasteiger partial charge in [0, 0.05) is 19.0 Å². The van der Waals surface area contributed by atoms with Crippen molar-refractivity contribution in [3.05, 3.63) is 53.6 Å². The van der Waals surface area contributed by atoms with Gasteiger partial charge in [-0.25, -0.2) is 4.68 Å². The lowest BCUT2D eigenvalue weighted by molar-refractivity contribution is 0.197. The Labute approximate surface area is 148 Å². The van der Waals surface area contributed by atoms with Gasteiger partial charge in [0.15, 0.2) is 4.77 Å². The second kappa shape index (κ2) is 7.77. The monoisotopic (exact) mass is 344 g/mol. The molecule has 0 saturated heterocycles. The highest BCUT2D eigenvalue weighted by Gasteiger charge is 2.29. The number of rotatable bonds is 9. The van der Waals surface area contributed by atoms with Gasteiger partial charge in [0.1, 0.15) is 18.2 Å². The van der Waals surface area contributed by atoms with Gasteiger partial charge in [-0.05, 0) is 44.2 Å². The van der Waals surface area contributed by atoms with E-state index in [4.69, 9.17) is 22.1 Å². The molecule has 1 aliphatic rings. The van der Waals surface area contributed by atoms with Crippen molar-refractivity contribution < 1.29 is 4.74 Å². The number of nitrogens with zero attached hydrogens (tertiary/aromatic N) is 4. The maximum atomic E-state index is 5.74. The number of allylic oxidation sites excluding steroid dienone is 1. The van der Waals surface area contributed by atoms with Gasteiger partial charge >= 0.3 is 0 Å². The number of ether oxygens (including phenoxy) is 1. The number of hydrogen-bond donors (Lipinski definition) is 0. The fraction of sp³-hybridized carbons (Fsp3) is 0.444. The fourth-order valence-corrected chi connectivity index (χ4v) is 2.90. The van der Waals surface area contributed by atoms with E-state index >= 15 is 0 Å². The van der Waals surface area contributed by atoms with Crippen LogP contribution in [0.25, 0.3) is 0 Å². The SMILES string of the molecule is C=CCn1c(C2CC2)nn(CN(C)CCOc2ccccc2)c1=S. The molecule has 2 aromatic rings. The van der Waals surface area contributed by atoms with Crippen LogP contribution in [0.15, 0.2) is 43.0 Å². The molecule has 6 heteroatoms. The smallest absolute Gasteiger partial charge is 0.199 e. The third-order valence-electron chi connectivity index (χ3n) is 4.07. The van der Waals surface area contributed by atoms with E-state index in [1.165, 1.54) is 12.8 Å². The van der Waals surface area contributed by atoms with Crippen LogP contribution in [0.2, 0.25) is 0 Å². The van der Waals surface area contributed by atoms with E-state index in [2.05, 4.69) is 23.1 Å². The van der Waals surface area contributed by atoms with Crippen molar-refractivity contribution >= 4 is 12.2 Å². The molecule has 0 N–H and O–H groups in total. The maximum absolute atomic E-state index is 5.74. The molecule has 3 rings (SSSR count). The van der Waals surface area contributed by atoms with Crippen LogP contribution in [0.4, 0.5) is 0 Å². The van der Waals surface area contributed by atoms with E-state index in [1.807, 2.05) is 41.1 Å². The van der Waals surface area contributed by atoms with E-state index in [1.54, 1.807) is 0 Å². The topological polar surface area (TPSA) is 35.2 Å². The quantitative estimate of drug-likeness (QED) is 0.516. The van der Waals surface area contributed by atoms with E-state index in [-0.39, 0.29) is 0 Å². The average molecular weight is 344 g/mol. The summed E-state index contributed by atoms with van der Waals surface area (Å²) in [6.07, 6.45) is 4.30. The normalized spacial score (nSPS) is 14.1. The summed E-state index contributed by atoms with van der Waals surface area (Å²) in [6, 6.07) is 9.87. The number of aromatic nitrogens is 3. The van der Waals surface area contributed by atoms with Gasteiger partial charge in [-0.1, -0.05) is 24.3 Å². The van der Waals surface area contributed by atoms with Crippen LogP contribution in [-0.4, -0.2) is 39.4 Å². The van der Waals surface area contributed by atoms with Gasteiger partial charge in [-0.3, -0.25) is 9.47 Å². The summed E-state index contributed by atoms with van der Waals surface area (Å²) in [7, 11) is 2.06. The first kappa shape index (κ1) is 16.9. The summed E-state index contributed by atoms with van der Waals surface area (Å²) in [6.45, 7) is 6.67. The van der Waals surface area contributed by atoms with Crippen LogP contribution in [0.3, 0.4) is 0 Å². The first-order valence-corrected chi connectivity index (χ1v) is 8.74. The molecule has 0 amide bonds. The van der Waals surface area contributed by atoms with Crippen LogP contribution in [0, 0.1) is 4.77 Å². The number of hydrogen-bond acceptors (Lipinski definition) is 4. The highest BCUT2D eigenvalue weighted by molar-refractivity contribution is 7.71. The Morgan fingerprint density at radius 2 is 2.12 bits per heavy atom. The molecular formula is C18H24N4OS. The molecule has 1 fully saturated rings. The summed E-state index contributed by atoms with van der Waals surface area (Å²) >= 11 is 5.59. The van der Waals surface area contributed by atoms with Gasteiger partial charge in [-0.15, -0.1) is 6.58 Å². The Kier molecular flexibility index (Phi) is 5.48. The Bertz CT molecular complexity index is 733. The summed E-state index contributed by atoms with van der Waals surface area (Å²) in [5.74, 6) is 2.57. The van der Waals surface area contributed by atoms with Crippen molar-refractivity contribution in [2.45, 2.75) is 32.0 Å². The van der Waals surface area contributed by atoms with Gasteiger partial charge in [0.05, 0.1) is 6.67 Å². The third-order valence-corrected chi connectivity index (χ3v) is 4.50. The molecule has 0 unspecified atom stereocenters. The molecule has 1 saturated carbocycles. The van der Waals surface area contributed by atoms with Gasteiger partial charge < -0.3 is 4.74 Å². The second-order valence-electron chi connectivity index (χ2n) is 6.20. The minimum absolute atomic E-state index is 0.569. The summed E-state index contributed by atoms with van der Waals surface area (Å²) in [5.41, 5.74) is 0. The first-order chi connectivity index (χ1) is 11.7. The highest BCUT2D eigenvalue weighted by atomic mass is 32.1. The van der Waals surface area contributed by atoms with Crippen LogP contribution < -0.4 is 4.74 Å². The van der Waals surface area contributed by atoms with Gasteiger partial charge in [-0.2, -0.15) is 5.10 Å². The van der Waals surface area contributed by atoms with Gasteiger partial charge in [0.25, 0.3) is 0 Å². The molecular weight excluding hydrogens is 320 g/mol. The van der Waals surface area contributed by atoms with E-state index in [0.717, 1.165) is 29.4 Å². The van der Waals surface area contributed by atoms with Crippen molar-refractivity contribution in [3.8, 4) is 5.75 Å². The zero-order chi connectivity index (χ0) is 16.9. The molecule has 0 aliphatic heterocycles. The third kappa shape index (κ3) is 4.13. The molecule has 24 heavy (non-hydrogen) atoms. The van der Waals surface area contributed by atoms with E-state index < -0.39 is 0 Å². The maximum Gasteiger partial charge on any atom is 0.199 e. The van der Waals surface area contributed by atoms with Crippen molar-refractivity contribution in [1.82, 2.24) is 19.2 Å². The molecule has 5 nitrogen and oxygen atoms in total. The Morgan fingerprint density at radius 3 is 2.79 bits per heavy atom. The Hall–Kier alpha value is -1.92. The standard InChI is InChI=1S/C18H24N4OS/c1-3-11-21-17(15-9-10-15)19-22(18(21)24)14-20(2)12-13-23-16-7-5-4-6-8-16/h3-8,15H,1,9-14H2,2H3. The summed E-state index contributed by atoms with van der Waals surface area (Å²) in [5, 5.41) is 4.74. The van der Waals surface area contributed by atoms with Crippen LogP contribution in [-0.2, 0) is 13.2 Å². The molecule has 0 spiro atoms. The zero-order valence-corrected chi connectivity index (χ0v) is 14.9. The molecule has 0 atom stereocenters. The lowest BCUT2D eigenvalue weighted by atomic mass is 10.3. The predicted molar refractivity (Wildman–Crippen MR) is 97.8 cm³/mol. The molecule has 1 aliphatic carbocycles. The molecule has 1 aromatic carbocycles. The number of likely N-dealkylation sites (N-methyl/N-ethyl adjacent to an activating group) is 1. The molecule has 1 heterocycles. The van der Waals surface area contributed by atoms with Crippen molar-refractivity contribution in [3.63, 3.8) is 0 Å². The minimum atomic E-state index is 0.569. The fourth-order valence-electron chi connectivity index (χ4n) is 2.63. The van der Waals surface area contributed by atoms with Crippen molar-refractivity contribution in [1.29, 1.82) is 0 Å². The summed E-state index contributed by atoms with van der Waals surface area (Å²) in [4.78, 5) is 2.17. The number of para-hydroxylation sites is 1. The van der Waals surface area contributed by atoms with Gasteiger partial charge in [0.2, 0.25) is 0 Å². The molecule has 0 radical (unpaired) electrons. The highest BCUT2D eigenvalue weighted by Crippen LogP contribution is 2.39. The zero-order valence-electron chi connectivity index (χ0n) is 14.1. The molecule has 0 bridgehead atoms. The van der Waals surface area contributed by atoms with Crippen molar-refractivity contribution in [2.24, 2.45) is 0 Å². The molecule has 128 valence electrons. The predicted octanol–water partition coefficient (Wildman–Crippen LogP) is 3.45. The lowest BCUT2D eigenvalue weighted by Crippen LogP contribution is -2.27. The Balaban J connectivity index is 1.58. The van der Waals surface area contributed by atoms with Crippen LogP contribution >= 0.6 is 12.2 Å². The van der Waals surface area contributed by atoms with Crippen LogP contribution in [0.5, 0.6) is 5.75 Å². The lowest BCUT2D eigenvalue weighted by Gasteiger charge is -2.16.